The normalized spacial score (nSPS) is 22.9. The maximum atomic E-state index is 16.2. The number of terminal acetylenes is 1. The molecule has 38 heavy (non-hydrogen) atoms. The molecular weight excluding hydrogens is 558 g/mol. The smallest absolute Gasteiger partial charge is 0.339 e. The Morgan fingerprint density at radius 2 is 1.95 bits per heavy atom. The Morgan fingerprint density at radius 1 is 1.16 bits per heavy atom. The van der Waals surface area contributed by atoms with Crippen molar-refractivity contribution in [2.24, 2.45) is 0 Å². The van der Waals surface area contributed by atoms with E-state index in [0.717, 1.165) is 0 Å². The average molecular weight is 576 g/mol. The second-order valence-corrected chi connectivity index (χ2v) is 9.56. The zero-order valence-corrected chi connectivity index (χ0v) is 21.7. The van der Waals surface area contributed by atoms with E-state index in [9.17, 15) is 4.79 Å². The number of carbonyl (C=O) groups excluding carboxylic acids is 1. The van der Waals surface area contributed by atoms with Crippen LogP contribution in [0.3, 0.4) is 0 Å². The molecule has 2 aromatic heterocycles. The van der Waals surface area contributed by atoms with Gasteiger partial charge in [0.05, 0.1) is 25.1 Å². The van der Waals surface area contributed by atoms with Crippen molar-refractivity contribution in [2.45, 2.75) is 30.7 Å². The van der Waals surface area contributed by atoms with Gasteiger partial charge in [0.25, 0.3) is 5.60 Å². The standard InChI is InChI=1S/C26H18Cl3FN4O4/c1-2-26(38-24(35)15-6-4-3-5-7-15)21(30)19(12-36-11-16-8-9-17(27)10-18(16)28)37-25(26)34-14-33-20-22(29)31-13-32-23(20)34/h1,3-10,13-14,19,21,25H,11-12H2/t19-,21-,25-,26-/m1/s1. The summed E-state index contributed by atoms with van der Waals surface area (Å²) in [7, 11) is 0. The number of aromatic nitrogens is 4. The van der Waals surface area contributed by atoms with Crippen LogP contribution in [0.1, 0.15) is 22.1 Å². The van der Waals surface area contributed by atoms with Crippen molar-refractivity contribution in [3.05, 3.63) is 87.5 Å². The summed E-state index contributed by atoms with van der Waals surface area (Å²) in [4.78, 5) is 25.3. The summed E-state index contributed by atoms with van der Waals surface area (Å²) in [6.07, 6.45) is 3.84. The first-order valence-electron chi connectivity index (χ1n) is 11.2. The van der Waals surface area contributed by atoms with E-state index in [1.165, 1.54) is 29.4 Å². The molecule has 0 bridgehead atoms. The largest absolute Gasteiger partial charge is 0.434 e. The molecule has 4 atom stereocenters. The molecule has 12 heteroatoms. The van der Waals surface area contributed by atoms with Crippen LogP contribution in [0.2, 0.25) is 15.2 Å². The van der Waals surface area contributed by atoms with Crippen molar-refractivity contribution in [3.8, 4) is 12.3 Å². The lowest BCUT2D eigenvalue weighted by molar-refractivity contribution is -0.0858. The van der Waals surface area contributed by atoms with Gasteiger partial charge in [0.2, 0.25) is 0 Å². The van der Waals surface area contributed by atoms with Crippen LogP contribution in [0, 0.1) is 12.3 Å². The first kappa shape index (κ1) is 26.4. The summed E-state index contributed by atoms with van der Waals surface area (Å²) in [5.41, 5.74) is -0.903. The van der Waals surface area contributed by atoms with E-state index in [4.69, 9.17) is 55.4 Å². The van der Waals surface area contributed by atoms with E-state index >= 15 is 4.39 Å². The van der Waals surface area contributed by atoms with Crippen molar-refractivity contribution >= 4 is 51.9 Å². The molecule has 0 unspecified atom stereocenters. The molecule has 194 valence electrons. The molecule has 0 saturated carbocycles. The van der Waals surface area contributed by atoms with Crippen LogP contribution in [0.25, 0.3) is 11.2 Å². The number of fused-ring (bicyclic) bond motifs is 1. The van der Waals surface area contributed by atoms with Crippen molar-refractivity contribution in [3.63, 3.8) is 0 Å². The number of halogens is 4. The van der Waals surface area contributed by atoms with Crippen molar-refractivity contribution in [1.82, 2.24) is 19.5 Å². The predicted molar refractivity (Wildman–Crippen MR) is 139 cm³/mol. The number of ether oxygens (including phenoxy) is 3. The molecule has 1 fully saturated rings. The Bertz CT molecular complexity index is 1530. The summed E-state index contributed by atoms with van der Waals surface area (Å²) >= 11 is 18.3. The minimum atomic E-state index is -2.19. The van der Waals surface area contributed by atoms with Crippen LogP contribution < -0.4 is 0 Å². The molecule has 1 aliphatic heterocycles. The van der Waals surface area contributed by atoms with E-state index in [0.29, 0.717) is 15.6 Å². The lowest BCUT2D eigenvalue weighted by Crippen LogP contribution is -2.47. The van der Waals surface area contributed by atoms with Crippen molar-refractivity contribution in [1.29, 1.82) is 0 Å². The number of imidazole rings is 1. The lowest BCUT2D eigenvalue weighted by atomic mass is 9.95. The van der Waals surface area contributed by atoms with Gasteiger partial charge in [-0.1, -0.05) is 65.0 Å². The maximum absolute atomic E-state index is 16.2. The Hall–Kier alpha value is -3.26. The van der Waals surface area contributed by atoms with Gasteiger partial charge in [0, 0.05) is 10.0 Å². The van der Waals surface area contributed by atoms with Gasteiger partial charge < -0.3 is 14.2 Å². The molecule has 0 radical (unpaired) electrons. The maximum Gasteiger partial charge on any atom is 0.339 e. The first-order valence-corrected chi connectivity index (χ1v) is 12.4. The van der Waals surface area contributed by atoms with E-state index in [-0.39, 0.29) is 35.1 Å². The molecule has 1 saturated heterocycles. The van der Waals surface area contributed by atoms with Crippen LogP contribution in [-0.4, -0.2) is 50.0 Å². The second-order valence-electron chi connectivity index (χ2n) is 8.36. The molecule has 4 aromatic rings. The molecule has 0 amide bonds. The molecule has 0 N–H and O–H groups in total. The lowest BCUT2D eigenvalue weighted by Gasteiger charge is -2.30. The monoisotopic (exact) mass is 574 g/mol. The summed E-state index contributed by atoms with van der Waals surface area (Å²) in [6, 6.07) is 13.0. The first-order chi connectivity index (χ1) is 18.3. The average Bonchev–Trinajstić information content (AvgIpc) is 3.46. The SMILES string of the molecule is C#C[C@@]1(OC(=O)c2ccccc2)[C@H](F)[C@@H](COCc2ccc(Cl)cc2Cl)O[C@H]1n1cnc2c(Cl)ncnc21. The van der Waals surface area contributed by atoms with Gasteiger partial charge in [0.1, 0.15) is 17.9 Å². The highest BCUT2D eigenvalue weighted by molar-refractivity contribution is 6.35. The number of hydrogen-bond acceptors (Lipinski definition) is 7. The quantitative estimate of drug-likeness (QED) is 0.164. The highest BCUT2D eigenvalue weighted by Gasteiger charge is 2.61. The van der Waals surface area contributed by atoms with E-state index in [1.54, 1.807) is 36.4 Å². The van der Waals surface area contributed by atoms with E-state index < -0.39 is 30.1 Å². The van der Waals surface area contributed by atoms with Crippen molar-refractivity contribution < 1.29 is 23.4 Å². The minimum Gasteiger partial charge on any atom is -0.434 e. The predicted octanol–water partition coefficient (Wildman–Crippen LogP) is 5.47. The number of nitrogens with zero attached hydrogens (tertiary/aromatic N) is 4. The molecule has 0 aliphatic carbocycles. The molecular formula is C26H18Cl3FN4O4. The number of esters is 1. The Morgan fingerprint density at radius 3 is 2.68 bits per heavy atom. The van der Waals surface area contributed by atoms with Gasteiger partial charge in [-0.15, -0.1) is 6.42 Å². The van der Waals surface area contributed by atoms with Gasteiger partial charge >= 0.3 is 5.97 Å². The van der Waals surface area contributed by atoms with Gasteiger partial charge in [-0.25, -0.2) is 24.1 Å². The number of benzene rings is 2. The van der Waals surface area contributed by atoms with E-state index in [1.807, 2.05) is 0 Å². The summed E-state index contributed by atoms with van der Waals surface area (Å²) < 4.78 is 35.0. The zero-order valence-electron chi connectivity index (χ0n) is 19.4. The third-order valence-corrected chi connectivity index (χ3v) is 6.89. The van der Waals surface area contributed by atoms with Gasteiger partial charge in [0.15, 0.2) is 23.2 Å². The number of carbonyl (C=O) groups is 1. The van der Waals surface area contributed by atoms with Crippen LogP contribution in [-0.2, 0) is 20.8 Å². The molecule has 1 aliphatic rings. The van der Waals surface area contributed by atoms with E-state index in [2.05, 4.69) is 20.9 Å². The highest BCUT2D eigenvalue weighted by Crippen LogP contribution is 2.44. The fraction of sp³-hybridized carbons (Fsp3) is 0.231. The van der Waals surface area contributed by atoms with Gasteiger partial charge in [-0.05, 0) is 29.8 Å². The molecule has 3 heterocycles. The number of hydrogen-bond donors (Lipinski definition) is 0. The number of alkyl halides is 1. The Balaban J connectivity index is 1.47. The summed E-state index contributed by atoms with van der Waals surface area (Å²) in [5, 5.41) is 0.951. The topological polar surface area (TPSA) is 88.4 Å². The van der Waals surface area contributed by atoms with Gasteiger partial charge in [-0.2, -0.15) is 0 Å². The fourth-order valence-electron chi connectivity index (χ4n) is 4.14. The van der Waals surface area contributed by atoms with Crippen molar-refractivity contribution in [2.75, 3.05) is 6.61 Å². The van der Waals surface area contributed by atoms with Crippen LogP contribution in [0.4, 0.5) is 4.39 Å². The van der Waals surface area contributed by atoms with Crippen LogP contribution in [0.5, 0.6) is 0 Å². The summed E-state index contributed by atoms with van der Waals surface area (Å²) in [5.74, 6) is 1.51. The highest BCUT2D eigenvalue weighted by atomic mass is 35.5. The van der Waals surface area contributed by atoms with Crippen LogP contribution >= 0.6 is 34.8 Å². The Labute approximate surface area is 231 Å². The Kier molecular flexibility index (Phi) is 7.52. The molecule has 5 rings (SSSR count). The fourth-order valence-corrected chi connectivity index (χ4v) is 4.78. The summed E-state index contributed by atoms with van der Waals surface area (Å²) in [6.45, 7) is -0.178. The molecule has 0 spiro atoms. The third kappa shape index (κ3) is 4.82. The third-order valence-electron chi connectivity index (χ3n) is 6.02. The van der Waals surface area contributed by atoms with Crippen LogP contribution in [0.15, 0.2) is 61.2 Å². The second kappa shape index (κ2) is 10.8. The van der Waals surface area contributed by atoms with Gasteiger partial charge in [-0.3, -0.25) is 4.57 Å². The number of rotatable bonds is 7. The zero-order chi connectivity index (χ0) is 26.9. The molecule has 8 nitrogen and oxygen atoms in total. The molecule has 2 aromatic carbocycles. The minimum absolute atomic E-state index is 0.0525.